The second-order valence-electron chi connectivity index (χ2n) is 7.10. The number of nitrogens with zero attached hydrogens (tertiary/aromatic N) is 1. The zero-order valence-corrected chi connectivity index (χ0v) is 16.5. The lowest BCUT2D eigenvalue weighted by Gasteiger charge is -2.18. The molecule has 0 radical (unpaired) electrons. The third kappa shape index (κ3) is 4.33. The van der Waals surface area contributed by atoms with Gasteiger partial charge in [0.15, 0.2) is 0 Å². The summed E-state index contributed by atoms with van der Waals surface area (Å²) >= 11 is 6.21. The smallest absolute Gasteiger partial charge is 0.255 e. The Kier molecular flexibility index (Phi) is 6.17. The average Bonchev–Trinajstić information content (AvgIpc) is 3.12. The molecule has 2 aromatic rings. The molecule has 142 valence electrons. The lowest BCUT2D eigenvalue weighted by Crippen LogP contribution is -2.36. The highest BCUT2D eigenvalue weighted by Gasteiger charge is 2.40. The first-order chi connectivity index (χ1) is 13.0. The molecule has 27 heavy (non-hydrogen) atoms. The van der Waals surface area contributed by atoms with Crippen LogP contribution in [-0.4, -0.2) is 36.3 Å². The Hall–Kier alpha value is -2.33. The summed E-state index contributed by atoms with van der Waals surface area (Å²) in [5, 5.41) is 3.43. The number of halogens is 1. The topological polar surface area (TPSA) is 49.4 Å². The van der Waals surface area contributed by atoms with Gasteiger partial charge in [-0.05, 0) is 31.0 Å². The first-order valence-corrected chi connectivity index (χ1v) is 9.77. The summed E-state index contributed by atoms with van der Waals surface area (Å²) in [5.41, 5.74) is 2.75. The number of carbonyl (C=O) groups is 2. The van der Waals surface area contributed by atoms with Gasteiger partial charge in [0.1, 0.15) is 0 Å². The second-order valence-corrected chi connectivity index (χ2v) is 7.51. The van der Waals surface area contributed by atoms with Gasteiger partial charge >= 0.3 is 0 Å². The molecule has 1 aliphatic rings. The van der Waals surface area contributed by atoms with Crippen molar-refractivity contribution in [3.05, 3.63) is 70.2 Å². The molecule has 1 fully saturated rings. The number of aryl methyl sites for hydroxylation is 1. The number of benzene rings is 2. The number of nitrogens with one attached hydrogen (secondary N) is 1. The van der Waals surface area contributed by atoms with E-state index in [1.807, 2.05) is 13.8 Å². The highest BCUT2D eigenvalue weighted by atomic mass is 35.5. The summed E-state index contributed by atoms with van der Waals surface area (Å²) in [6.45, 7) is 5.63. The fourth-order valence-electron chi connectivity index (χ4n) is 3.57. The van der Waals surface area contributed by atoms with Crippen molar-refractivity contribution in [1.82, 2.24) is 10.2 Å². The molecule has 2 amide bonds. The predicted molar refractivity (Wildman–Crippen MR) is 108 cm³/mol. The highest BCUT2D eigenvalue weighted by molar-refractivity contribution is 6.33. The van der Waals surface area contributed by atoms with Gasteiger partial charge in [-0.1, -0.05) is 60.5 Å². The number of rotatable bonds is 5. The Morgan fingerprint density at radius 2 is 1.81 bits per heavy atom. The van der Waals surface area contributed by atoms with E-state index < -0.39 is 0 Å². The standard InChI is InChI=1S/C22H25ClN2O2/c1-3-12-24-21(26)19-14-25(22(27)17-6-4-5-7-20(17)23)13-18(19)16-10-8-15(2)9-11-16/h4-11,18-19H,3,12-14H2,1-2H3,(H,24,26). The van der Waals surface area contributed by atoms with Gasteiger partial charge in [-0.25, -0.2) is 0 Å². The number of carbonyl (C=O) groups excluding carboxylic acids is 2. The lowest BCUT2D eigenvalue weighted by molar-refractivity contribution is -0.124. The molecule has 4 nitrogen and oxygen atoms in total. The minimum Gasteiger partial charge on any atom is -0.356 e. The van der Waals surface area contributed by atoms with Crippen LogP contribution in [0.15, 0.2) is 48.5 Å². The van der Waals surface area contributed by atoms with E-state index in [0.29, 0.717) is 30.2 Å². The molecule has 0 aromatic heterocycles. The Balaban J connectivity index is 1.86. The minimum atomic E-state index is -0.259. The third-order valence-corrected chi connectivity index (χ3v) is 5.43. The molecular weight excluding hydrogens is 360 g/mol. The first-order valence-electron chi connectivity index (χ1n) is 9.39. The average molecular weight is 385 g/mol. The maximum atomic E-state index is 13.0. The number of hydrogen-bond acceptors (Lipinski definition) is 2. The van der Waals surface area contributed by atoms with Crippen molar-refractivity contribution >= 4 is 23.4 Å². The number of amides is 2. The number of likely N-dealkylation sites (tertiary alicyclic amines) is 1. The van der Waals surface area contributed by atoms with E-state index in [9.17, 15) is 9.59 Å². The summed E-state index contributed by atoms with van der Waals surface area (Å²) in [6.07, 6.45) is 0.885. The van der Waals surface area contributed by atoms with Crippen LogP contribution in [0.1, 0.15) is 40.7 Å². The molecule has 0 saturated carbocycles. The van der Waals surface area contributed by atoms with E-state index >= 15 is 0 Å². The van der Waals surface area contributed by atoms with Crippen molar-refractivity contribution in [3.8, 4) is 0 Å². The molecule has 0 spiro atoms. The summed E-state index contributed by atoms with van der Waals surface area (Å²) in [4.78, 5) is 27.5. The Bertz CT molecular complexity index is 819. The number of hydrogen-bond donors (Lipinski definition) is 1. The Morgan fingerprint density at radius 3 is 2.48 bits per heavy atom. The van der Waals surface area contributed by atoms with Crippen molar-refractivity contribution in [1.29, 1.82) is 0 Å². The molecule has 1 saturated heterocycles. The molecule has 1 heterocycles. The van der Waals surface area contributed by atoms with Crippen LogP contribution in [0.25, 0.3) is 0 Å². The minimum absolute atomic E-state index is 0.0110. The SMILES string of the molecule is CCCNC(=O)C1CN(C(=O)c2ccccc2Cl)CC1c1ccc(C)cc1. The zero-order valence-electron chi connectivity index (χ0n) is 15.7. The maximum Gasteiger partial charge on any atom is 0.255 e. The van der Waals surface area contributed by atoms with E-state index in [0.717, 1.165) is 12.0 Å². The molecule has 1 aliphatic heterocycles. The van der Waals surface area contributed by atoms with Gasteiger partial charge in [0.25, 0.3) is 5.91 Å². The fourth-order valence-corrected chi connectivity index (χ4v) is 3.79. The highest BCUT2D eigenvalue weighted by Crippen LogP contribution is 2.34. The molecule has 5 heteroatoms. The molecule has 2 aromatic carbocycles. The predicted octanol–water partition coefficient (Wildman–Crippen LogP) is 4.03. The molecule has 2 unspecified atom stereocenters. The quantitative estimate of drug-likeness (QED) is 0.846. The van der Waals surface area contributed by atoms with Gasteiger partial charge in [0.05, 0.1) is 16.5 Å². The lowest BCUT2D eigenvalue weighted by atomic mass is 9.88. The summed E-state index contributed by atoms with van der Waals surface area (Å²) in [6, 6.07) is 15.3. The normalized spacial score (nSPS) is 19.1. The van der Waals surface area contributed by atoms with Crippen LogP contribution in [0, 0.1) is 12.8 Å². The van der Waals surface area contributed by atoms with Crippen LogP contribution < -0.4 is 5.32 Å². The van der Waals surface area contributed by atoms with Crippen molar-refractivity contribution in [2.24, 2.45) is 5.92 Å². The van der Waals surface area contributed by atoms with E-state index in [2.05, 4.69) is 29.6 Å². The van der Waals surface area contributed by atoms with Crippen molar-refractivity contribution in [3.63, 3.8) is 0 Å². The van der Waals surface area contributed by atoms with Crippen LogP contribution in [-0.2, 0) is 4.79 Å². The Morgan fingerprint density at radius 1 is 1.11 bits per heavy atom. The summed E-state index contributed by atoms with van der Waals surface area (Å²) in [5.74, 6) is -0.389. The molecule has 0 aliphatic carbocycles. The van der Waals surface area contributed by atoms with Gasteiger partial charge in [-0.2, -0.15) is 0 Å². The maximum absolute atomic E-state index is 13.0. The van der Waals surface area contributed by atoms with Crippen LogP contribution >= 0.6 is 11.6 Å². The van der Waals surface area contributed by atoms with Crippen molar-refractivity contribution in [2.45, 2.75) is 26.2 Å². The monoisotopic (exact) mass is 384 g/mol. The van der Waals surface area contributed by atoms with Crippen LogP contribution in [0.3, 0.4) is 0 Å². The van der Waals surface area contributed by atoms with E-state index in [4.69, 9.17) is 11.6 Å². The van der Waals surface area contributed by atoms with E-state index in [1.165, 1.54) is 5.56 Å². The van der Waals surface area contributed by atoms with Crippen LogP contribution in [0.4, 0.5) is 0 Å². The van der Waals surface area contributed by atoms with E-state index in [1.54, 1.807) is 29.2 Å². The van der Waals surface area contributed by atoms with Gasteiger partial charge in [-0.3, -0.25) is 9.59 Å². The van der Waals surface area contributed by atoms with Crippen LogP contribution in [0.5, 0.6) is 0 Å². The van der Waals surface area contributed by atoms with Gasteiger partial charge in [0, 0.05) is 25.6 Å². The van der Waals surface area contributed by atoms with Crippen LogP contribution in [0.2, 0.25) is 5.02 Å². The Labute approximate surface area is 165 Å². The molecule has 1 N–H and O–H groups in total. The fraction of sp³-hybridized carbons (Fsp3) is 0.364. The summed E-state index contributed by atoms with van der Waals surface area (Å²) in [7, 11) is 0. The molecule has 2 atom stereocenters. The third-order valence-electron chi connectivity index (χ3n) is 5.10. The second kappa shape index (κ2) is 8.57. The zero-order chi connectivity index (χ0) is 19.4. The van der Waals surface area contributed by atoms with Gasteiger partial charge < -0.3 is 10.2 Å². The van der Waals surface area contributed by atoms with Gasteiger partial charge in [0.2, 0.25) is 5.91 Å². The van der Waals surface area contributed by atoms with Crippen molar-refractivity contribution in [2.75, 3.05) is 19.6 Å². The molecule has 3 rings (SSSR count). The summed E-state index contributed by atoms with van der Waals surface area (Å²) < 4.78 is 0. The first kappa shape index (κ1) is 19.4. The largest absolute Gasteiger partial charge is 0.356 e. The molecule has 0 bridgehead atoms. The van der Waals surface area contributed by atoms with Gasteiger partial charge in [-0.15, -0.1) is 0 Å². The molecular formula is C22H25ClN2O2. The van der Waals surface area contributed by atoms with E-state index in [-0.39, 0.29) is 23.7 Å². The van der Waals surface area contributed by atoms with Crippen molar-refractivity contribution < 1.29 is 9.59 Å².